The minimum atomic E-state index is -4.59. The van der Waals surface area contributed by atoms with Gasteiger partial charge in [-0.05, 0) is 61.7 Å². The maximum atomic E-state index is 13.9. The van der Waals surface area contributed by atoms with E-state index in [1.807, 2.05) is 0 Å². The van der Waals surface area contributed by atoms with Gasteiger partial charge in [0.15, 0.2) is 11.4 Å². The highest BCUT2D eigenvalue weighted by Crippen LogP contribution is 2.35. The summed E-state index contributed by atoms with van der Waals surface area (Å²) >= 11 is 0. The number of alkyl halides is 5. The van der Waals surface area contributed by atoms with Crippen LogP contribution in [-0.2, 0) is 16.2 Å². The fourth-order valence-electron chi connectivity index (χ4n) is 3.96. The molecule has 40 heavy (non-hydrogen) atoms. The smallest absolute Gasteiger partial charge is 0.404 e. The molecule has 0 radical (unpaired) electrons. The molecule has 1 amide bonds. The Morgan fingerprint density at radius 1 is 1.12 bits per heavy atom. The van der Waals surface area contributed by atoms with Gasteiger partial charge in [0.05, 0.1) is 22.3 Å². The summed E-state index contributed by atoms with van der Waals surface area (Å²) in [6, 6.07) is 9.38. The number of fused-ring (bicyclic) bond motifs is 1. The number of nitrogens with zero attached hydrogens (tertiary/aromatic N) is 3. The van der Waals surface area contributed by atoms with Crippen LogP contribution in [0.4, 0.5) is 32.4 Å². The van der Waals surface area contributed by atoms with Crippen molar-refractivity contribution >= 4 is 27.5 Å². The summed E-state index contributed by atoms with van der Waals surface area (Å²) in [5, 5.41) is 6.18. The van der Waals surface area contributed by atoms with Crippen molar-refractivity contribution in [1.29, 1.82) is 0 Å². The Balaban J connectivity index is 1.43. The first-order valence-corrected chi connectivity index (χ1v) is 13.3. The van der Waals surface area contributed by atoms with Crippen LogP contribution >= 0.6 is 0 Å². The second-order valence-electron chi connectivity index (χ2n) is 9.08. The fourth-order valence-corrected chi connectivity index (χ4v) is 5.31. The van der Waals surface area contributed by atoms with Crippen molar-refractivity contribution in [2.75, 3.05) is 5.32 Å². The molecule has 9 nitrogen and oxygen atoms in total. The minimum Gasteiger partial charge on any atom is -0.404 e. The Morgan fingerprint density at radius 2 is 1.88 bits per heavy atom. The average Bonchev–Trinajstić information content (AvgIpc) is 3.59. The highest BCUT2D eigenvalue weighted by atomic mass is 32.2. The van der Waals surface area contributed by atoms with E-state index in [2.05, 4.69) is 20.1 Å². The lowest BCUT2D eigenvalue weighted by Crippen LogP contribution is -2.26. The van der Waals surface area contributed by atoms with Crippen LogP contribution in [0.5, 0.6) is 5.75 Å². The lowest BCUT2D eigenvalue weighted by Gasteiger charge is -2.13. The molecule has 0 atom stereocenters. The van der Waals surface area contributed by atoms with Crippen molar-refractivity contribution < 1.29 is 39.9 Å². The number of ether oxygens (including phenoxy) is 1. The highest BCUT2D eigenvalue weighted by molar-refractivity contribution is 7.89. The molecule has 1 aliphatic carbocycles. The van der Waals surface area contributed by atoms with E-state index in [4.69, 9.17) is 4.74 Å². The second-order valence-corrected chi connectivity index (χ2v) is 10.8. The zero-order valence-electron chi connectivity index (χ0n) is 20.5. The van der Waals surface area contributed by atoms with E-state index in [-0.39, 0.29) is 44.8 Å². The summed E-state index contributed by atoms with van der Waals surface area (Å²) in [7, 11) is -3.79. The number of aryl methyl sites for hydroxylation is 1. The van der Waals surface area contributed by atoms with E-state index in [0.717, 1.165) is 41.8 Å². The van der Waals surface area contributed by atoms with Crippen molar-refractivity contribution in [3.63, 3.8) is 0 Å². The molecule has 5 rings (SSSR count). The van der Waals surface area contributed by atoms with E-state index >= 15 is 0 Å². The van der Waals surface area contributed by atoms with Crippen LogP contribution in [0.15, 0.2) is 59.6 Å². The van der Waals surface area contributed by atoms with Crippen LogP contribution < -0.4 is 14.8 Å². The van der Waals surface area contributed by atoms with Crippen LogP contribution in [0.2, 0.25) is 0 Å². The van der Waals surface area contributed by atoms with Crippen molar-refractivity contribution in [2.45, 2.75) is 43.3 Å². The number of benzene rings is 2. The van der Waals surface area contributed by atoms with Gasteiger partial charge in [0.2, 0.25) is 10.0 Å². The molecule has 210 valence electrons. The van der Waals surface area contributed by atoms with E-state index in [0.29, 0.717) is 0 Å². The molecule has 0 saturated heterocycles. The molecular formula is C25H20F5N5O4S. The maximum Gasteiger partial charge on any atom is 0.417 e. The number of carbonyl (C=O) groups excluding carboxylic acids is 1. The molecule has 2 aromatic carbocycles. The van der Waals surface area contributed by atoms with E-state index in [1.165, 1.54) is 37.3 Å². The van der Waals surface area contributed by atoms with Gasteiger partial charge in [0.25, 0.3) is 6.43 Å². The summed E-state index contributed by atoms with van der Waals surface area (Å²) in [6.07, 6.45) is -6.26. The summed E-state index contributed by atoms with van der Waals surface area (Å²) in [5.41, 5.74) is -1.81. The quantitative estimate of drug-likeness (QED) is 0.270. The molecule has 15 heteroatoms. The molecule has 0 spiro atoms. The third-order valence-corrected chi connectivity index (χ3v) is 7.53. The van der Waals surface area contributed by atoms with Crippen molar-refractivity contribution in [3.05, 3.63) is 71.5 Å². The van der Waals surface area contributed by atoms with Crippen LogP contribution in [0, 0.1) is 6.92 Å². The van der Waals surface area contributed by atoms with Gasteiger partial charge in [0, 0.05) is 17.3 Å². The Kier molecular flexibility index (Phi) is 6.95. The molecule has 0 aliphatic heterocycles. The molecule has 2 N–H and O–H groups in total. The lowest BCUT2D eigenvalue weighted by atomic mass is 10.0. The van der Waals surface area contributed by atoms with Crippen molar-refractivity contribution in [3.8, 4) is 17.0 Å². The fraction of sp³-hybridized carbons (Fsp3) is 0.240. The topological polar surface area (TPSA) is 115 Å². The standard InChI is InChI=1S/C25H20F5N5O4S/c1-13-9-14(5-8-18(13)25(28,29)30)19-11-20(22(26)27)35-23(33-19)21(12-31-35)39-24(36)32-16-3-2-4-17(10-16)40(37,38)34-15-6-7-15/h2-5,8-12,15,22,34H,6-7H2,1H3,(H,32,36). The monoisotopic (exact) mass is 581 g/mol. The number of hydrogen-bond acceptors (Lipinski definition) is 6. The highest BCUT2D eigenvalue weighted by Gasteiger charge is 2.32. The van der Waals surface area contributed by atoms with Gasteiger partial charge in [-0.25, -0.2) is 36.2 Å². The van der Waals surface area contributed by atoms with Gasteiger partial charge in [-0.3, -0.25) is 5.32 Å². The molecule has 4 aromatic rings. The van der Waals surface area contributed by atoms with Crippen LogP contribution in [0.1, 0.15) is 36.1 Å². The lowest BCUT2D eigenvalue weighted by molar-refractivity contribution is -0.138. The number of halogens is 5. The molecule has 2 aromatic heterocycles. The van der Waals surface area contributed by atoms with Gasteiger partial charge >= 0.3 is 12.3 Å². The summed E-state index contributed by atoms with van der Waals surface area (Å²) in [6.45, 7) is 1.23. The first-order valence-electron chi connectivity index (χ1n) is 11.8. The first kappa shape index (κ1) is 27.5. The average molecular weight is 582 g/mol. The SMILES string of the molecule is Cc1cc(-c2cc(C(F)F)n3ncc(OC(=O)Nc4cccc(S(=O)(=O)NC5CC5)c4)c3n2)ccc1C(F)(F)F. The van der Waals surface area contributed by atoms with Gasteiger partial charge < -0.3 is 4.74 Å². The van der Waals surface area contributed by atoms with Gasteiger partial charge in [-0.1, -0.05) is 12.1 Å². The normalized spacial score (nSPS) is 14.1. The summed E-state index contributed by atoms with van der Waals surface area (Å²) in [4.78, 5) is 16.7. The number of nitrogens with one attached hydrogen (secondary N) is 2. The summed E-state index contributed by atoms with van der Waals surface area (Å²) in [5.74, 6) is -0.316. The predicted molar refractivity (Wildman–Crippen MR) is 133 cm³/mol. The molecular weight excluding hydrogens is 561 g/mol. The molecule has 0 bridgehead atoms. The largest absolute Gasteiger partial charge is 0.417 e. The third-order valence-electron chi connectivity index (χ3n) is 6.01. The van der Waals surface area contributed by atoms with E-state index in [9.17, 15) is 35.2 Å². The number of hydrogen-bond donors (Lipinski definition) is 2. The number of sulfonamides is 1. The van der Waals surface area contributed by atoms with E-state index < -0.39 is 40.0 Å². The van der Waals surface area contributed by atoms with Crippen LogP contribution in [0.3, 0.4) is 0 Å². The summed E-state index contributed by atoms with van der Waals surface area (Å²) < 4.78 is 101. The maximum absolute atomic E-state index is 13.9. The molecule has 2 heterocycles. The number of aromatic nitrogens is 3. The molecule has 1 saturated carbocycles. The van der Waals surface area contributed by atoms with Crippen molar-refractivity contribution in [2.24, 2.45) is 0 Å². The zero-order chi connectivity index (χ0) is 28.8. The number of carbonyl (C=O) groups is 1. The second kappa shape index (κ2) is 10.1. The predicted octanol–water partition coefficient (Wildman–Crippen LogP) is 5.71. The van der Waals surface area contributed by atoms with Gasteiger partial charge in [0.1, 0.15) is 5.69 Å². The number of anilines is 1. The van der Waals surface area contributed by atoms with Gasteiger partial charge in [-0.2, -0.15) is 18.3 Å². The van der Waals surface area contributed by atoms with Crippen molar-refractivity contribution in [1.82, 2.24) is 19.3 Å². The Morgan fingerprint density at radius 3 is 2.52 bits per heavy atom. The number of rotatable bonds is 7. The minimum absolute atomic E-state index is 0.0760. The zero-order valence-corrected chi connectivity index (χ0v) is 21.4. The molecule has 1 fully saturated rings. The number of amides is 1. The Bertz CT molecular complexity index is 1720. The Labute approximate surface area is 224 Å². The first-order chi connectivity index (χ1) is 18.8. The molecule has 1 aliphatic rings. The molecule has 0 unspecified atom stereocenters. The van der Waals surface area contributed by atoms with Gasteiger partial charge in [-0.15, -0.1) is 0 Å². The third kappa shape index (κ3) is 5.74. The van der Waals surface area contributed by atoms with E-state index in [1.54, 1.807) is 0 Å². The Hall–Kier alpha value is -4.11. The van der Waals surface area contributed by atoms with Crippen LogP contribution in [0.25, 0.3) is 16.9 Å². The van der Waals surface area contributed by atoms with Crippen LogP contribution in [-0.4, -0.2) is 35.2 Å².